The highest BCUT2D eigenvalue weighted by Gasteiger charge is 2.16. The number of pyridine rings is 1. The van der Waals surface area contributed by atoms with Crippen molar-refractivity contribution in [3.05, 3.63) is 23.5 Å². The van der Waals surface area contributed by atoms with Gasteiger partial charge >= 0.3 is 0 Å². The predicted octanol–water partition coefficient (Wildman–Crippen LogP) is 1.17. The molecule has 2 aromatic rings. The minimum atomic E-state index is -0.126. The summed E-state index contributed by atoms with van der Waals surface area (Å²) in [6.45, 7) is 3.93. The Bertz CT molecular complexity index is 621. The summed E-state index contributed by atoms with van der Waals surface area (Å²) in [4.78, 5) is 16.7. The standard InChI is InChI=1S/C14H20N4O2/c1-9(5-4-6-19)17-14(20)11-7-10(2)16-13-12(11)8-15-18(13)3/h7-9,19H,4-6H2,1-3H3,(H,17,20). The molecule has 6 nitrogen and oxygen atoms in total. The summed E-state index contributed by atoms with van der Waals surface area (Å²) < 4.78 is 1.66. The minimum absolute atomic E-state index is 0.0230. The van der Waals surface area contributed by atoms with Gasteiger partial charge in [0.25, 0.3) is 5.91 Å². The fourth-order valence-electron chi connectivity index (χ4n) is 2.20. The smallest absolute Gasteiger partial charge is 0.252 e. The zero-order chi connectivity index (χ0) is 14.7. The van der Waals surface area contributed by atoms with Crippen molar-refractivity contribution in [2.75, 3.05) is 6.61 Å². The molecule has 0 aliphatic carbocycles. The Balaban J connectivity index is 2.25. The van der Waals surface area contributed by atoms with Gasteiger partial charge in [-0.25, -0.2) is 4.98 Å². The summed E-state index contributed by atoms with van der Waals surface area (Å²) in [5.41, 5.74) is 2.09. The first-order chi connectivity index (χ1) is 9.52. The third-order valence-corrected chi connectivity index (χ3v) is 3.25. The molecule has 1 amide bonds. The van der Waals surface area contributed by atoms with Crippen LogP contribution in [-0.2, 0) is 7.05 Å². The second-order valence-electron chi connectivity index (χ2n) is 5.06. The number of rotatable bonds is 5. The molecular weight excluding hydrogens is 256 g/mol. The average Bonchev–Trinajstić information content (AvgIpc) is 2.77. The van der Waals surface area contributed by atoms with Gasteiger partial charge in [-0.05, 0) is 32.8 Å². The van der Waals surface area contributed by atoms with Crippen LogP contribution in [0.25, 0.3) is 11.0 Å². The van der Waals surface area contributed by atoms with E-state index < -0.39 is 0 Å². The largest absolute Gasteiger partial charge is 0.396 e. The summed E-state index contributed by atoms with van der Waals surface area (Å²) in [7, 11) is 1.81. The topological polar surface area (TPSA) is 80.0 Å². The van der Waals surface area contributed by atoms with Crippen LogP contribution >= 0.6 is 0 Å². The fourth-order valence-corrected chi connectivity index (χ4v) is 2.20. The van der Waals surface area contributed by atoms with E-state index in [0.717, 1.165) is 17.5 Å². The first-order valence-electron chi connectivity index (χ1n) is 6.74. The number of aliphatic hydroxyl groups excluding tert-OH is 1. The lowest BCUT2D eigenvalue weighted by Crippen LogP contribution is -2.32. The van der Waals surface area contributed by atoms with Crippen molar-refractivity contribution in [3.63, 3.8) is 0 Å². The molecule has 20 heavy (non-hydrogen) atoms. The van der Waals surface area contributed by atoms with Crippen molar-refractivity contribution in [2.24, 2.45) is 7.05 Å². The Morgan fingerprint density at radius 2 is 2.30 bits per heavy atom. The second-order valence-corrected chi connectivity index (χ2v) is 5.06. The molecule has 6 heteroatoms. The number of aliphatic hydroxyl groups is 1. The van der Waals surface area contributed by atoms with Crippen LogP contribution in [0.1, 0.15) is 35.8 Å². The van der Waals surface area contributed by atoms with E-state index in [4.69, 9.17) is 5.11 Å². The number of nitrogens with one attached hydrogen (secondary N) is 1. The van der Waals surface area contributed by atoms with E-state index in [9.17, 15) is 4.79 Å². The molecule has 2 rings (SSSR count). The molecule has 1 atom stereocenters. The first kappa shape index (κ1) is 14.5. The molecular formula is C14H20N4O2. The van der Waals surface area contributed by atoms with Gasteiger partial charge in [0.1, 0.15) is 0 Å². The lowest BCUT2D eigenvalue weighted by Gasteiger charge is -2.13. The molecule has 0 fully saturated rings. The number of amides is 1. The Hall–Kier alpha value is -1.95. The Labute approximate surface area is 117 Å². The lowest BCUT2D eigenvalue weighted by atomic mass is 10.1. The molecule has 2 N–H and O–H groups in total. The van der Waals surface area contributed by atoms with Crippen LogP contribution < -0.4 is 5.32 Å². The molecule has 0 aromatic carbocycles. The van der Waals surface area contributed by atoms with Gasteiger partial charge < -0.3 is 10.4 Å². The van der Waals surface area contributed by atoms with Crippen LogP contribution in [0.3, 0.4) is 0 Å². The molecule has 2 heterocycles. The number of fused-ring (bicyclic) bond motifs is 1. The van der Waals surface area contributed by atoms with Crippen LogP contribution in [0.2, 0.25) is 0 Å². The van der Waals surface area contributed by atoms with Crippen LogP contribution in [0.5, 0.6) is 0 Å². The van der Waals surface area contributed by atoms with Gasteiger partial charge in [0.2, 0.25) is 0 Å². The number of hydrogen-bond acceptors (Lipinski definition) is 4. The van der Waals surface area contributed by atoms with Gasteiger partial charge in [-0.3, -0.25) is 9.48 Å². The van der Waals surface area contributed by atoms with Gasteiger partial charge in [0.05, 0.1) is 17.1 Å². The maximum absolute atomic E-state index is 12.4. The van der Waals surface area contributed by atoms with E-state index in [-0.39, 0.29) is 18.6 Å². The van der Waals surface area contributed by atoms with Crippen molar-refractivity contribution in [3.8, 4) is 0 Å². The number of nitrogens with zero attached hydrogens (tertiary/aromatic N) is 3. The van der Waals surface area contributed by atoms with Crippen molar-refractivity contribution in [2.45, 2.75) is 32.7 Å². The van der Waals surface area contributed by atoms with Gasteiger partial charge in [-0.1, -0.05) is 0 Å². The Morgan fingerprint density at radius 1 is 1.55 bits per heavy atom. The lowest BCUT2D eigenvalue weighted by molar-refractivity contribution is 0.0938. The maximum atomic E-state index is 12.4. The monoisotopic (exact) mass is 276 g/mol. The van der Waals surface area contributed by atoms with Crippen LogP contribution in [-0.4, -0.2) is 38.4 Å². The quantitative estimate of drug-likeness (QED) is 0.859. The van der Waals surface area contributed by atoms with Crippen molar-refractivity contribution in [1.82, 2.24) is 20.1 Å². The Kier molecular flexibility index (Phi) is 4.34. The molecule has 0 saturated heterocycles. The third kappa shape index (κ3) is 2.96. The summed E-state index contributed by atoms with van der Waals surface area (Å²) in [6, 6.07) is 1.80. The number of aromatic nitrogens is 3. The molecule has 0 saturated carbocycles. The van der Waals surface area contributed by atoms with E-state index in [0.29, 0.717) is 17.6 Å². The van der Waals surface area contributed by atoms with Crippen LogP contribution in [0, 0.1) is 6.92 Å². The maximum Gasteiger partial charge on any atom is 0.252 e. The SMILES string of the molecule is Cc1cc(C(=O)NC(C)CCCO)c2cnn(C)c2n1. The van der Waals surface area contributed by atoms with Crippen LogP contribution in [0.15, 0.2) is 12.3 Å². The highest BCUT2D eigenvalue weighted by molar-refractivity contribution is 6.05. The van der Waals surface area contributed by atoms with E-state index in [1.165, 1.54) is 0 Å². The van der Waals surface area contributed by atoms with Crippen molar-refractivity contribution in [1.29, 1.82) is 0 Å². The number of aryl methyl sites for hydroxylation is 2. The predicted molar refractivity (Wildman–Crippen MR) is 76.5 cm³/mol. The van der Waals surface area contributed by atoms with Gasteiger partial charge in [0, 0.05) is 25.4 Å². The molecule has 108 valence electrons. The normalized spacial score (nSPS) is 12.6. The van der Waals surface area contributed by atoms with E-state index in [1.54, 1.807) is 24.0 Å². The highest BCUT2D eigenvalue weighted by atomic mass is 16.3. The summed E-state index contributed by atoms with van der Waals surface area (Å²) in [6.07, 6.45) is 3.09. The molecule has 0 aliphatic heterocycles. The summed E-state index contributed by atoms with van der Waals surface area (Å²) in [5, 5.41) is 16.7. The van der Waals surface area contributed by atoms with Gasteiger partial charge in [-0.15, -0.1) is 0 Å². The molecule has 0 bridgehead atoms. The van der Waals surface area contributed by atoms with E-state index in [1.807, 2.05) is 13.8 Å². The van der Waals surface area contributed by atoms with E-state index >= 15 is 0 Å². The van der Waals surface area contributed by atoms with Crippen molar-refractivity contribution < 1.29 is 9.90 Å². The fraction of sp³-hybridized carbons (Fsp3) is 0.500. The zero-order valence-electron chi connectivity index (χ0n) is 12.1. The number of carbonyl (C=O) groups is 1. The summed E-state index contributed by atoms with van der Waals surface area (Å²) >= 11 is 0. The summed E-state index contributed by atoms with van der Waals surface area (Å²) in [5.74, 6) is -0.126. The second kappa shape index (κ2) is 6.00. The minimum Gasteiger partial charge on any atom is -0.396 e. The van der Waals surface area contributed by atoms with Crippen LogP contribution in [0.4, 0.5) is 0 Å². The van der Waals surface area contributed by atoms with Gasteiger partial charge in [0.15, 0.2) is 5.65 Å². The highest BCUT2D eigenvalue weighted by Crippen LogP contribution is 2.17. The average molecular weight is 276 g/mol. The zero-order valence-corrected chi connectivity index (χ0v) is 12.1. The molecule has 2 aromatic heterocycles. The number of carbonyl (C=O) groups excluding carboxylic acids is 1. The molecule has 0 spiro atoms. The Morgan fingerprint density at radius 3 is 3.00 bits per heavy atom. The third-order valence-electron chi connectivity index (χ3n) is 3.25. The number of hydrogen-bond donors (Lipinski definition) is 2. The van der Waals surface area contributed by atoms with Gasteiger partial charge in [-0.2, -0.15) is 5.10 Å². The molecule has 0 radical (unpaired) electrons. The molecule has 1 unspecified atom stereocenters. The van der Waals surface area contributed by atoms with E-state index in [2.05, 4.69) is 15.4 Å². The molecule has 0 aliphatic rings. The van der Waals surface area contributed by atoms with Crippen molar-refractivity contribution >= 4 is 16.9 Å². The first-order valence-corrected chi connectivity index (χ1v) is 6.74.